The third kappa shape index (κ3) is 6.87. The Morgan fingerprint density at radius 1 is 1.04 bits per heavy atom. The predicted octanol–water partition coefficient (Wildman–Crippen LogP) is 2.55. The molecule has 0 fully saturated rings. The molecule has 5 nitrogen and oxygen atoms in total. The van der Waals surface area contributed by atoms with Crippen LogP contribution < -0.4 is 4.90 Å². The highest BCUT2D eigenvalue weighted by Crippen LogP contribution is 2.24. The van der Waals surface area contributed by atoms with E-state index in [0.29, 0.717) is 39.6 Å². The van der Waals surface area contributed by atoms with E-state index < -0.39 is 0 Å². The minimum Gasteiger partial charge on any atom is -0.382 e. The number of carbonyl (C=O) groups excluding carboxylic acids is 1. The number of nitrogens with zero attached hydrogens (tertiary/aromatic N) is 1. The van der Waals surface area contributed by atoms with Gasteiger partial charge in [-0.1, -0.05) is 18.2 Å². The average molecular weight is 344 g/mol. The number of carbonyl (C=O) groups is 1. The number of rotatable bonds is 11. The molecule has 0 atom stereocenters. The second-order valence-electron chi connectivity index (χ2n) is 5.14. The monoisotopic (exact) mass is 343 g/mol. The van der Waals surface area contributed by atoms with E-state index in [-0.39, 0.29) is 11.8 Å². The molecule has 0 heterocycles. The van der Waals surface area contributed by atoms with Crippen molar-refractivity contribution in [2.24, 2.45) is 0 Å². The first-order valence-corrected chi connectivity index (χ1v) is 8.22. The Labute approximate surface area is 143 Å². The molecule has 0 radical (unpaired) electrons. The molecule has 0 N–H and O–H groups in total. The summed E-state index contributed by atoms with van der Waals surface area (Å²) < 4.78 is 15.7. The lowest BCUT2D eigenvalue weighted by atomic mass is 10.1. The number of hydrogen-bond acceptors (Lipinski definition) is 4. The standard InChI is InChI=1S/C17H26ClNO4/c1-14-5-4-6-15(2)17(14)19(16(20)13-18)7-8-22-11-12-23-10-9-21-3/h4-6H,7-13H2,1-3H3. The molecule has 0 saturated carbocycles. The number of methoxy groups -OCH3 is 1. The third-order valence-electron chi connectivity index (χ3n) is 3.39. The van der Waals surface area contributed by atoms with Crippen molar-refractivity contribution in [3.8, 4) is 0 Å². The Morgan fingerprint density at radius 3 is 2.17 bits per heavy atom. The summed E-state index contributed by atoms with van der Waals surface area (Å²) >= 11 is 5.75. The Morgan fingerprint density at radius 2 is 1.61 bits per heavy atom. The summed E-state index contributed by atoms with van der Waals surface area (Å²) in [5.41, 5.74) is 3.01. The molecule has 23 heavy (non-hydrogen) atoms. The largest absolute Gasteiger partial charge is 0.382 e. The van der Waals surface area contributed by atoms with Crippen LogP contribution in [0.15, 0.2) is 18.2 Å². The summed E-state index contributed by atoms with van der Waals surface area (Å²) in [4.78, 5) is 13.9. The summed E-state index contributed by atoms with van der Waals surface area (Å²) in [6, 6.07) is 5.95. The fourth-order valence-corrected chi connectivity index (χ4v) is 2.43. The molecule has 0 aliphatic carbocycles. The fourth-order valence-electron chi connectivity index (χ4n) is 2.28. The molecule has 1 rings (SSSR count). The van der Waals surface area contributed by atoms with Crippen LogP contribution in [0.2, 0.25) is 0 Å². The average Bonchev–Trinajstić information content (AvgIpc) is 2.54. The van der Waals surface area contributed by atoms with Crippen LogP contribution in [-0.2, 0) is 19.0 Å². The fraction of sp³-hybridized carbons (Fsp3) is 0.588. The van der Waals surface area contributed by atoms with Crippen molar-refractivity contribution in [3.63, 3.8) is 0 Å². The van der Waals surface area contributed by atoms with Crippen LogP contribution in [0.25, 0.3) is 0 Å². The minimum absolute atomic E-state index is 0.0477. The Kier molecular flexibility index (Phi) is 9.87. The van der Waals surface area contributed by atoms with E-state index in [1.165, 1.54) is 0 Å². The highest BCUT2D eigenvalue weighted by molar-refractivity contribution is 6.29. The lowest BCUT2D eigenvalue weighted by Gasteiger charge is -2.25. The molecule has 0 spiro atoms. The number of para-hydroxylation sites is 1. The van der Waals surface area contributed by atoms with E-state index in [2.05, 4.69) is 0 Å². The zero-order valence-electron chi connectivity index (χ0n) is 14.1. The van der Waals surface area contributed by atoms with Crippen molar-refractivity contribution in [1.29, 1.82) is 0 Å². The van der Waals surface area contributed by atoms with Gasteiger partial charge in [0, 0.05) is 19.3 Å². The molecule has 0 aliphatic heterocycles. The summed E-state index contributed by atoms with van der Waals surface area (Å²) in [5.74, 6) is -0.169. The first kappa shape index (κ1) is 19.9. The van der Waals surface area contributed by atoms with E-state index in [9.17, 15) is 4.79 Å². The van der Waals surface area contributed by atoms with E-state index in [4.69, 9.17) is 25.8 Å². The van der Waals surface area contributed by atoms with Gasteiger partial charge in [0.2, 0.25) is 5.91 Å². The number of alkyl halides is 1. The predicted molar refractivity (Wildman–Crippen MR) is 92.5 cm³/mol. The van der Waals surface area contributed by atoms with E-state index in [1.54, 1.807) is 12.0 Å². The molecule has 0 bridgehead atoms. The van der Waals surface area contributed by atoms with Crippen molar-refractivity contribution in [2.75, 3.05) is 57.5 Å². The van der Waals surface area contributed by atoms with Crippen LogP contribution in [0, 0.1) is 13.8 Å². The highest BCUT2D eigenvalue weighted by Gasteiger charge is 2.18. The topological polar surface area (TPSA) is 48.0 Å². The maximum absolute atomic E-state index is 12.2. The van der Waals surface area contributed by atoms with Crippen LogP contribution in [0.4, 0.5) is 5.69 Å². The number of hydrogen-bond donors (Lipinski definition) is 0. The molecule has 6 heteroatoms. The molecule has 0 unspecified atom stereocenters. The van der Waals surface area contributed by atoms with Crippen LogP contribution >= 0.6 is 11.6 Å². The third-order valence-corrected chi connectivity index (χ3v) is 3.62. The molecule has 0 saturated heterocycles. The Hall–Kier alpha value is -1.14. The minimum atomic E-state index is -0.121. The van der Waals surface area contributed by atoms with Crippen LogP contribution in [0.5, 0.6) is 0 Å². The molecular weight excluding hydrogens is 318 g/mol. The van der Waals surface area contributed by atoms with Gasteiger partial charge in [-0.25, -0.2) is 0 Å². The van der Waals surface area contributed by atoms with Crippen molar-refractivity contribution >= 4 is 23.2 Å². The Bertz CT molecular complexity index is 461. The van der Waals surface area contributed by atoms with Gasteiger partial charge in [0.1, 0.15) is 5.88 Å². The normalized spacial score (nSPS) is 10.8. The van der Waals surface area contributed by atoms with Gasteiger partial charge in [-0.2, -0.15) is 0 Å². The molecule has 1 aromatic rings. The van der Waals surface area contributed by atoms with Crippen molar-refractivity contribution in [2.45, 2.75) is 13.8 Å². The van der Waals surface area contributed by atoms with Gasteiger partial charge < -0.3 is 19.1 Å². The quantitative estimate of drug-likeness (QED) is 0.457. The van der Waals surface area contributed by atoms with Crippen molar-refractivity contribution in [3.05, 3.63) is 29.3 Å². The first-order valence-electron chi connectivity index (χ1n) is 7.68. The van der Waals surface area contributed by atoms with Crippen LogP contribution in [0.3, 0.4) is 0 Å². The van der Waals surface area contributed by atoms with Crippen molar-refractivity contribution < 1.29 is 19.0 Å². The van der Waals surface area contributed by atoms with E-state index in [0.717, 1.165) is 16.8 Å². The van der Waals surface area contributed by atoms with Crippen molar-refractivity contribution in [1.82, 2.24) is 0 Å². The van der Waals surface area contributed by atoms with Gasteiger partial charge in [-0.15, -0.1) is 11.6 Å². The van der Waals surface area contributed by atoms with Gasteiger partial charge in [-0.3, -0.25) is 4.79 Å². The number of benzene rings is 1. The maximum atomic E-state index is 12.2. The number of halogens is 1. The van der Waals surface area contributed by atoms with Gasteiger partial charge >= 0.3 is 0 Å². The van der Waals surface area contributed by atoms with Gasteiger partial charge in [-0.05, 0) is 25.0 Å². The van der Waals surface area contributed by atoms with E-state index >= 15 is 0 Å². The molecule has 1 aromatic carbocycles. The summed E-state index contributed by atoms with van der Waals surface area (Å²) in [6.07, 6.45) is 0. The molecule has 130 valence electrons. The molecular formula is C17H26ClNO4. The lowest BCUT2D eigenvalue weighted by Crippen LogP contribution is -2.36. The smallest absolute Gasteiger partial charge is 0.242 e. The number of aryl methyl sites for hydroxylation is 2. The summed E-state index contributed by atoms with van der Waals surface area (Å²) in [6.45, 7) is 7.00. The number of ether oxygens (including phenoxy) is 3. The molecule has 0 aliphatic rings. The molecule has 0 aromatic heterocycles. The van der Waals surface area contributed by atoms with Crippen LogP contribution in [0.1, 0.15) is 11.1 Å². The highest BCUT2D eigenvalue weighted by atomic mass is 35.5. The zero-order valence-corrected chi connectivity index (χ0v) is 14.9. The second kappa shape index (κ2) is 11.4. The molecule has 1 amide bonds. The summed E-state index contributed by atoms with van der Waals surface area (Å²) in [5, 5.41) is 0. The summed E-state index contributed by atoms with van der Waals surface area (Å²) in [7, 11) is 1.63. The SMILES string of the molecule is COCCOCCOCCN(C(=O)CCl)c1c(C)cccc1C. The Balaban J connectivity index is 2.49. The van der Waals surface area contributed by atoms with E-state index in [1.807, 2.05) is 32.0 Å². The van der Waals surface area contributed by atoms with Gasteiger partial charge in [0.05, 0.1) is 33.0 Å². The van der Waals surface area contributed by atoms with Gasteiger partial charge in [0.15, 0.2) is 0 Å². The maximum Gasteiger partial charge on any atom is 0.242 e. The number of anilines is 1. The van der Waals surface area contributed by atoms with Gasteiger partial charge in [0.25, 0.3) is 0 Å². The zero-order chi connectivity index (χ0) is 17.1. The second-order valence-corrected chi connectivity index (χ2v) is 5.40. The lowest BCUT2D eigenvalue weighted by molar-refractivity contribution is -0.116. The number of amides is 1. The first-order chi connectivity index (χ1) is 11.1. The van der Waals surface area contributed by atoms with Crippen LogP contribution in [-0.4, -0.2) is 58.5 Å².